The predicted octanol–water partition coefficient (Wildman–Crippen LogP) is 1.76. The minimum atomic E-state index is -2.90. The Balaban J connectivity index is 2.22. The molecule has 0 N–H and O–H groups in total. The summed E-state index contributed by atoms with van der Waals surface area (Å²) in [5, 5.41) is 0.0784. The quantitative estimate of drug-likeness (QED) is 0.689. The van der Waals surface area contributed by atoms with Crippen LogP contribution in [0, 0.1) is 5.92 Å². The van der Waals surface area contributed by atoms with Gasteiger partial charge in [-0.15, -0.1) is 11.6 Å². The monoisotopic (exact) mass is 267 g/mol. The lowest BCUT2D eigenvalue weighted by atomic mass is 9.84. The molecule has 1 saturated carbocycles. The first kappa shape index (κ1) is 14.3. The lowest BCUT2D eigenvalue weighted by molar-refractivity contribution is 0.216. The topological polar surface area (TPSA) is 37.4 Å². The normalized spacial score (nSPS) is 26.1. The SMILES string of the molecule is CC(C)S(=O)(=O)CCN(C)CC1CC(Cl)C1. The van der Waals surface area contributed by atoms with Gasteiger partial charge >= 0.3 is 0 Å². The van der Waals surface area contributed by atoms with Gasteiger partial charge in [-0.05, 0) is 39.7 Å². The van der Waals surface area contributed by atoms with Crippen molar-refractivity contribution in [3.05, 3.63) is 0 Å². The van der Waals surface area contributed by atoms with E-state index in [1.807, 2.05) is 7.05 Å². The Morgan fingerprint density at radius 2 is 1.94 bits per heavy atom. The molecular formula is C11H22ClNO2S. The molecule has 1 rings (SSSR count). The van der Waals surface area contributed by atoms with Crippen LogP contribution in [0.25, 0.3) is 0 Å². The summed E-state index contributed by atoms with van der Waals surface area (Å²) in [5.41, 5.74) is 0. The summed E-state index contributed by atoms with van der Waals surface area (Å²) in [7, 11) is -0.913. The molecule has 0 aromatic heterocycles. The fraction of sp³-hybridized carbons (Fsp3) is 1.00. The van der Waals surface area contributed by atoms with Gasteiger partial charge in [0, 0.05) is 18.5 Å². The third-order valence-corrected chi connectivity index (χ3v) is 5.77. The molecule has 0 saturated heterocycles. The van der Waals surface area contributed by atoms with Crippen molar-refractivity contribution in [1.29, 1.82) is 0 Å². The zero-order valence-electron chi connectivity index (χ0n) is 10.3. The van der Waals surface area contributed by atoms with Crippen molar-refractivity contribution in [2.45, 2.75) is 37.3 Å². The molecule has 96 valence electrons. The van der Waals surface area contributed by atoms with Gasteiger partial charge in [-0.2, -0.15) is 0 Å². The summed E-state index contributed by atoms with van der Waals surface area (Å²) in [4.78, 5) is 2.10. The third kappa shape index (κ3) is 4.22. The van der Waals surface area contributed by atoms with E-state index in [2.05, 4.69) is 4.90 Å². The Hall–Kier alpha value is 0.200. The number of sulfone groups is 1. The van der Waals surface area contributed by atoms with E-state index in [0.717, 1.165) is 19.4 Å². The Labute approximate surface area is 104 Å². The third-order valence-electron chi connectivity index (χ3n) is 3.22. The fourth-order valence-electron chi connectivity index (χ4n) is 1.85. The van der Waals surface area contributed by atoms with Gasteiger partial charge in [0.15, 0.2) is 9.84 Å². The number of nitrogens with zero attached hydrogens (tertiary/aromatic N) is 1. The summed E-state index contributed by atoms with van der Waals surface area (Å²) in [6.45, 7) is 5.07. The van der Waals surface area contributed by atoms with Crippen molar-refractivity contribution in [3.8, 4) is 0 Å². The van der Waals surface area contributed by atoms with Crippen LogP contribution in [0.3, 0.4) is 0 Å². The van der Waals surface area contributed by atoms with E-state index in [-0.39, 0.29) is 11.0 Å². The maximum atomic E-state index is 11.6. The first-order valence-electron chi connectivity index (χ1n) is 5.85. The van der Waals surface area contributed by atoms with E-state index in [0.29, 0.717) is 17.8 Å². The first-order chi connectivity index (χ1) is 7.31. The van der Waals surface area contributed by atoms with Gasteiger partial charge in [-0.1, -0.05) is 0 Å². The summed E-state index contributed by atoms with van der Waals surface area (Å²) >= 11 is 5.90. The van der Waals surface area contributed by atoms with Gasteiger partial charge in [-0.3, -0.25) is 0 Å². The van der Waals surface area contributed by atoms with Crippen LogP contribution < -0.4 is 0 Å². The highest BCUT2D eigenvalue weighted by molar-refractivity contribution is 7.92. The summed E-state index contributed by atoms with van der Waals surface area (Å²) in [5.74, 6) is 0.923. The Kier molecular flexibility index (Phi) is 5.08. The van der Waals surface area contributed by atoms with Crippen molar-refractivity contribution in [2.24, 2.45) is 5.92 Å². The van der Waals surface area contributed by atoms with Crippen molar-refractivity contribution in [1.82, 2.24) is 4.90 Å². The molecular weight excluding hydrogens is 246 g/mol. The van der Waals surface area contributed by atoms with Crippen molar-refractivity contribution in [2.75, 3.05) is 25.9 Å². The summed E-state index contributed by atoms with van der Waals surface area (Å²) in [6.07, 6.45) is 2.14. The molecule has 1 aliphatic rings. The molecule has 0 radical (unpaired) electrons. The second kappa shape index (κ2) is 5.69. The van der Waals surface area contributed by atoms with Crippen LogP contribution in [-0.2, 0) is 9.84 Å². The Bertz CT molecular complexity index is 310. The highest BCUT2D eigenvalue weighted by atomic mass is 35.5. The zero-order chi connectivity index (χ0) is 12.3. The van der Waals surface area contributed by atoms with Gasteiger partial charge in [0.2, 0.25) is 0 Å². The Morgan fingerprint density at radius 3 is 2.38 bits per heavy atom. The molecule has 0 atom stereocenters. The van der Waals surface area contributed by atoms with Crippen LogP contribution in [0.1, 0.15) is 26.7 Å². The van der Waals surface area contributed by atoms with Gasteiger partial charge in [-0.25, -0.2) is 8.42 Å². The van der Waals surface area contributed by atoms with Crippen molar-refractivity contribution >= 4 is 21.4 Å². The van der Waals surface area contributed by atoms with E-state index in [4.69, 9.17) is 11.6 Å². The molecule has 16 heavy (non-hydrogen) atoms. The molecule has 0 spiro atoms. The van der Waals surface area contributed by atoms with Gasteiger partial charge in [0.1, 0.15) is 0 Å². The Morgan fingerprint density at radius 1 is 1.38 bits per heavy atom. The highest BCUT2D eigenvalue weighted by Crippen LogP contribution is 2.32. The molecule has 1 aliphatic carbocycles. The van der Waals surface area contributed by atoms with Crippen molar-refractivity contribution < 1.29 is 8.42 Å². The average molecular weight is 268 g/mol. The second-order valence-electron chi connectivity index (χ2n) is 5.11. The minimum absolute atomic E-state index is 0.262. The first-order valence-corrected chi connectivity index (χ1v) is 8.00. The predicted molar refractivity (Wildman–Crippen MR) is 68.8 cm³/mol. The average Bonchev–Trinajstić information content (AvgIpc) is 2.12. The molecule has 0 bridgehead atoms. The number of alkyl halides is 1. The molecule has 0 aromatic rings. The summed E-state index contributed by atoms with van der Waals surface area (Å²) < 4.78 is 23.2. The highest BCUT2D eigenvalue weighted by Gasteiger charge is 2.28. The molecule has 1 fully saturated rings. The van der Waals surface area contributed by atoms with Crippen LogP contribution in [0.5, 0.6) is 0 Å². The minimum Gasteiger partial charge on any atom is -0.305 e. The largest absolute Gasteiger partial charge is 0.305 e. The number of hydrogen-bond donors (Lipinski definition) is 0. The maximum absolute atomic E-state index is 11.6. The maximum Gasteiger partial charge on any atom is 0.153 e. The molecule has 0 heterocycles. The van der Waals surface area contributed by atoms with Crippen LogP contribution in [0.4, 0.5) is 0 Å². The molecule has 0 aliphatic heterocycles. The standard InChI is InChI=1S/C11H22ClNO2S/c1-9(2)16(14,15)5-4-13(3)8-10-6-11(12)7-10/h9-11H,4-8H2,1-3H3. The number of rotatable bonds is 6. The van der Waals surface area contributed by atoms with Crippen LogP contribution in [-0.4, -0.2) is 49.8 Å². The van der Waals surface area contributed by atoms with Crippen molar-refractivity contribution in [3.63, 3.8) is 0 Å². The van der Waals surface area contributed by atoms with Crippen LogP contribution in [0.15, 0.2) is 0 Å². The van der Waals surface area contributed by atoms with Gasteiger partial charge in [0.25, 0.3) is 0 Å². The smallest absolute Gasteiger partial charge is 0.153 e. The van der Waals surface area contributed by atoms with Crippen LogP contribution >= 0.6 is 11.6 Å². The van der Waals surface area contributed by atoms with E-state index < -0.39 is 9.84 Å². The van der Waals surface area contributed by atoms with Gasteiger partial charge < -0.3 is 4.90 Å². The van der Waals surface area contributed by atoms with E-state index in [1.165, 1.54) is 0 Å². The van der Waals surface area contributed by atoms with E-state index >= 15 is 0 Å². The number of hydrogen-bond acceptors (Lipinski definition) is 3. The molecule has 3 nitrogen and oxygen atoms in total. The molecule has 0 amide bonds. The lowest BCUT2D eigenvalue weighted by Gasteiger charge is -2.34. The van der Waals surface area contributed by atoms with Crippen LogP contribution in [0.2, 0.25) is 0 Å². The molecule has 0 aromatic carbocycles. The lowest BCUT2D eigenvalue weighted by Crippen LogP contribution is -2.37. The van der Waals surface area contributed by atoms with E-state index in [1.54, 1.807) is 13.8 Å². The van der Waals surface area contributed by atoms with Gasteiger partial charge in [0.05, 0.1) is 11.0 Å². The molecule has 0 unspecified atom stereocenters. The molecule has 5 heteroatoms. The zero-order valence-corrected chi connectivity index (χ0v) is 11.9. The number of halogens is 1. The van der Waals surface area contributed by atoms with E-state index in [9.17, 15) is 8.42 Å². The fourth-order valence-corrected chi connectivity index (χ4v) is 3.40. The second-order valence-corrected chi connectivity index (χ2v) is 8.41. The summed E-state index contributed by atoms with van der Waals surface area (Å²) in [6, 6.07) is 0.